The van der Waals surface area contributed by atoms with E-state index in [1.165, 1.54) is 6.07 Å². The average molecular weight is 289 g/mol. The Kier molecular flexibility index (Phi) is 5.95. The van der Waals surface area contributed by atoms with E-state index in [2.05, 4.69) is 40.4 Å². The Labute approximate surface area is 105 Å². The van der Waals surface area contributed by atoms with Crippen LogP contribution in [0, 0.1) is 5.82 Å². The molecule has 0 heterocycles. The SMILES string of the molecule is CCNCC(C)NCc1cc(Br)ccc1F. The standard InChI is InChI=1S/C12H18BrFN2/c1-3-15-7-9(2)16-8-10-6-11(13)4-5-12(10)14/h4-6,9,15-16H,3,7-8H2,1-2H3. The lowest BCUT2D eigenvalue weighted by atomic mass is 10.2. The van der Waals surface area contributed by atoms with Crippen molar-refractivity contribution >= 4 is 15.9 Å². The minimum absolute atomic E-state index is 0.161. The number of benzene rings is 1. The summed E-state index contributed by atoms with van der Waals surface area (Å²) in [5.41, 5.74) is 0.692. The molecule has 0 saturated heterocycles. The highest BCUT2D eigenvalue weighted by molar-refractivity contribution is 9.10. The normalized spacial score (nSPS) is 12.8. The maximum absolute atomic E-state index is 13.4. The Morgan fingerprint density at radius 2 is 2.19 bits per heavy atom. The van der Waals surface area contributed by atoms with E-state index in [4.69, 9.17) is 0 Å². The van der Waals surface area contributed by atoms with Crippen molar-refractivity contribution in [2.45, 2.75) is 26.4 Å². The van der Waals surface area contributed by atoms with Crippen LogP contribution in [0.25, 0.3) is 0 Å². The fourth-order valence-corrected chi connectivity index (χ4v) is 1.80. The van der Waals surface area contributed by atoms with Crippen molar-refractivity contribution in [1.29, 1.82) is 0 Å². The zero-order chi connectivity index (χ0) is 12.0. The van der Waals surface area contributed by atoms with Gasteiger partial charge in [0.2, 0.25) is 0 Å². The minimum atomic E-state index is -0.161. The van der Waals surface area contributed by atoms with Crippen molar-refractivity contribution in [2.75, 3.05) is 13.1 Å². The lowest BCUT2D eigenvalue weighted by molar-refractivity contribution is 0.498. The van der Waals surface area contributed by atoms with E-state index in [0.717, 1.165) is 17.6 Å². The summed E-state index contributed by atoms with van der Waals surface area (Å²) in [6, 6.07) is 5.33. The molecule has 1 aromatic rings. The van der Waals surface area contributed by atoms with Crippen molar-refractivity contribution < 1.29 is 4.39 Å². The second-order valence-electron chi connectivity index (χ2n) is 3.83. The zero-order valence-corrected chi connectivity index (χ0v) is 11.3. The lowest BCUT2D eigenvalue weighted by Crippen LogP contribution is -2.35. The van der Waals surface area contributed by atoms with Gasteiger partial charge < -0.3 is 10.6 Å². The van der Waals surface area contributed by atoms with Crippen LogP contribution < -0.4 is 10.6 Å². The Hall–Kier alpha value is -0.450. The van der Waals surface area contributed by atoms with Gasteiger partial charge in [0.05, 0.1) is 0 Å². The molecular weight excluding hydrogens is 271 g/mol. The molecule has 1 rings (SSSR count). The summed E-state index contributed by atoms with van der Waals surface area (Å²) in [7, 11) is 0. The molecule has 0 aromatic heterocycles. The van der Waals surface area contributed by atoms with E-state index in [0.29, 0.717) is 18.2 Å². The van der Waals surface area contributed by atoms with Crippen LogP contribution in [0.15, 0.2) is 22.7 Å². The van der Waals surface area contributed by atoms with Gasteiger partial charge in [-0.25, -0.2) is 4.39 Å². The largest absolute Gasteiger partial charge is 0.315 e. The van der Waals surface area contributed by atoms with Gasteiger partial charge in [-0.3, -0.25) is 0 Å². The molecule has 0 aliphatic heterocycles. The minimum Gasteiger partial charge on any atom is -0.315 e. The van der Waals surface area contributed by atoms with E-state index < -0.39 is 0 Å². The first kappa shape index (κ1) is 13.6. The fraction of sp³-hybridized carbons (Fsp3) is 0.500. The highest BCUT2D eigenvalue weighted by Gasteiger charge is 2.05. The van der Waals surface area contributed by atoms with Crippen LogP contribution in [-0.4, -0.2) is 19.1 Å². The molecular formula is C12H18BrFN2. The number of halogens is 2. The average Bonchev–Trinajstić information content (AvgIpc) is 2.27. The molecule has 0 bridgehead atoms. The van der Waals surface area contributed by atoms with E-state index in [9.17, 15) is 4.39 Å². The van der Waals surface area contributed by atoms with Crippen LogP contribution in [0.2, 0.25) is 0 Å². The van der Waals surface area contributed by atoms with Crippen molar-refractivity contribution in [3.63, 3.8) is 0 Å². The predicted molar refractivity (Wildman–Crippen MR) is 68.9 cm³/mol. The second-order valence-corrected chi connectivity index (χ2v) is 4.74. The molecule has 0 saturated carbocycles. The van der Waals surface area contributed by atoms with Crippen LogP contribution in [0.4, 0.5) is 4.39 Å². The van der Waals surface area contributed by atoms with Crippen LogP contribution >= 0.6 is 15.9 Å². The van der Waals surface area contributed by atoms with Gasteiger partial charge in [0, 0.05) is 29.2 Å². The molecule has 0 amide bonds. The van der Waals surface area contributed by atoms with Gasteiger partial charge in [-0.15, -0.1) is 0 Å². The Morgan fingerprint density at radius 1 is 1.44 bits per heavy atom. The third-order valence-electron chi connectivity index (χ3n) is 2.35. The summed E-state index contributed by atoms with van der Waals surface area (Å²) in [4.78, 5) is 0. The first-order valence-corrected chi connectivity index (χ1v) is 6.30. The molecule has 90 valence electrons. The Balaban J connectivity index is 2.44. The molecule has 1 atom stereocenters. The summed E-state index contributed by atoms with van der Waals surface area (Å²) in [5, 5.41) is 6.52. The molecule has 16 heavy (non-hydrogen) atoms. The molecule has 1 aromatic carbocycles. The molecule has 0 aliphatic rings. The van der Waals surface area contributed by atoms with Crippen LogP contribution in [0.5, 0.6) is 0 Å². The van der Waals surface area contributed by atoms with E-state index in [-0.39, 0.29) is 5.82 Å². The van der Waals surface area contributed by atoms with Crippen LogP contribution in [-0.2, 0) is 6.54 Å². The van der Waals surface area contributed by atoms with Gasteiger partial charge in [0.25, 0.3) is 0 Å². The zero-order valence-electron chi connectivity index (χ0n) is 9.69. The molecule has 0 aliphatic carbocycles. The van der Waals surface area contributed by atoms with Gasteiger partial charge in [0.15, 0.2) is 0 Å². The van der Waals surface area contributed by atoms with Crippen molar-refractivity contribution in [2.24, 2.45) is 0 Å². The monoisotopic (exact) mass is 288 g/mol. The highest BCUT2D eigenvalue weighted by atomic mass is 79.9. The number of likely N-dealkylation sites (N-methyl/N-ethyl adjacent to an activating group) is 1. The summed E-state index contributed by atoms with van der Waals surface area (Å²) in [5.74, 6) is -0.161. The van der Waals surface area contributed by atoms with Crippen LogP contribution in [0.1, 0.15) is 19.4 Å². The number of hydrogen-bond acceptors (Lipinski definition) is 2. The fourth-order valence-electron chi connectivity index (χ4n) is 1.40. The Bertz CT molecular complexity index is 331. The molecule has 0 radical (unpaired) electrons. The van der Waals surface area contributed by atoms with Crippen molar-refractivity contribution in [3.05, 3.63) is 34.1 Å². The van der Waals surface area contributed by atoms with Gasteiger partial charge >= 0.3 is 0 Å². The van der Waals surface area contributed by atoms with Crippen LogP contribution in [0.3, 0.4) is 0 Å². The number of nitrogens with one attached hydrogen (secondary N) is 2. The molecule has 2 N–H and O–H groups in total. The first-order chi connectivity index (χ1) is 7.63. The highest BCUT2D eigenvalue weighted by Crippen LogP contribution is 2.15. The molecule has 2 nitrogen and oxygen atoms in total. The maximum atomic E-state index is 13.4. The number of rotatable bonds is 6. The topological polar surface area (TPSA) is 24.1 Å². The summed E-state index contributed by atoms with van der Waals surface area (Å²) in [6.07, 6.45) is 0. The molecule has 4 heteroatoms. The third kappa shape index (κ3) is 4.60. The molecule has 0 spiro atoms. The maximum Gasteiger partial charge on any atom is 0.127 e. The summed E-state index contributed by atoms with van der Waals surface area (Å²) >= 11 is 3.34. The predicted octanol–water partition coefficient (Wildman–Crippen LogP) is 2.68. The van der Waals surface area contributed by atoms with E-state index >= 15 is 0 Å². The van der Waals surface area contributed by atoms with E-state index in [1.807, 2.05) is 6.07 Å². The first-order valence-electron chi connectivity index (χ1n) is 5.51. The van der Waals surface area contributed by atoms with Crippen molar-refractivity contribution in [1.82, 2.24) is 10.6 Å². The van der Waals surface area contributed by atoms with E-state index in [1.54, 1.807) is 6.07 Å². The molecule has 0 fully saturated rings. The van der Waals surface area contributed by atoms with Gasteiger partial charge in [-0.1, -0.05) is 22.9 Å². The van der Waals surface area contributed by atoms with Gasteiger partial charge in [0.1, 0.15) is 5.82 Å². The van der Waals surface area contributed by atoms with Crippen molar-refractivity contribution in [3.8, 4) is 0 Å². The summed E-state index contributed by atoms with van der Waals surface area (Å²) in [6.45, 7) is 6.56. The Morgan fingerprint density at radius 3 is 2.88 bits per heavy atom. The molecule has 1 unspecified atom stereocenters. The third-order valence-corrected chi connectivity index (χ3v) is 2.84. The smallest absolute Gasteiger partial charge is 0.127 e. The quantitative estimate of drug-likeness (QED) is 0.841. The number of hydrogen-bond donors (Lipinski definition) is 2. The van der Waals surface area contributed by atoms with Gasteiger partial charge in [-0.2, -0.15) is 0 Å². The lowest BCUT2D eigenvalue weighted by Gasteiger charge is -2.14. The second kappa shape index (κ2) is 6.99. The van der Waals surface area contributed by atoms with Gasteiger partial charge in [-0.05, 0) is 31.7 Å². The summed E-state index contributed by atoms with van der Waals surface area (Å²) < 4.78 is 14.3.